The maximum absolute atomic E-state index is 10.2. The molecule has 3 aromatic carbocycles. The van der Waals surface area contributed by atoms with Crippen LogP contribution in [0.2, 0.25) is 0 Å². The van der Waals surface area contributed by atoms with Crippen LogP contribution in [0, 0.1) is 0 Å². The third-order valence-electron chi connectivity index (χ3n) is 7.70. The minimum Gasteiger partial charge on any atom is -0.508 e. The molecule has 0 radical (unpaired) electrons. The van der Waals surface area contributed by atoms with Gasteiger partial charge in [0.05, 0.1) is 13.2 Å². The van der Waals surface area contributed by atoms with Gasteiger partial charge in [0, 0.05) is 17.4 Å². The summed E-state index contributed by atoms with van der Waals surface area (Å²) in [6, 6.07) is 24.5. The summed E-state index contributed by atoms with van der Waals surface area (Å²) < 4.78 is 12.2. The number of hydrogen-bond acceptors (Lipinski definition) is 4. The van der Waals surface area contributed by atoms with Crippen LogP contribution in [0.1, 0.15) is 73.5 Å². The molecule has 1 N–H and O–H groups in total. The highest BCUT2D eigenvalue weighted by molar-refractivity contribution is 5.51. The quantitative estimate of drug-likeness (QED) is 0.294. The topological polar surface area (TPSA) is 41.9 Å². The molecule has 2 aliphatic rings. The van der Waals surface area contributed by atoms with E-state index in [1.165, 1.54) is 69.3 Å². The zero-order valence-corrected chi connectivity index (χ0v) is 21.3. The van der Waals surface area contributed by atoms with Gasteiger partial charge in [-0.05, 0) is 86.8 Å². The number of likely N-dealkylation sites (tertiary alicyclic amines) is 1. The Morgan fingerprint density at radius 2 is 1.56 bits per heavy atom. The molecular formula is C32H39NO3. The first-order valence-corrected chi connectivity index (χ1v) is 13.7. The fourth-order valence-corrected chi connectivity index (χ4v) is 5.74. The monoisotopic (exact) mass is 485 g/mol. The molecule has 4 heteroatoms. The van der Waals surface area contributed by atoms with Gasteiger partial charge in [-0.15, -0.1) is 0 Å². The van der Waals surface area contributed by atoms with Gasteiger partial charge < -0.3 is 19.5 Å². The third kappa shape index (κ3) is 6.22. The summed E-state index contributed by atoms with van der Waals surface area (Å²) in [6.45, 7) is 5.28. The smallest absolute Gasteiger partial charge is 0.123 e. The molecule has 0 unspecified atom stereocenters. The summed E-state index contributed by atoms with van der Waals surface area (Å²) >= 11 is 0. The van der Waals surface area contributed by atoms with E-state index in [9.17, 15) is 5.11 Å². The van der Waals surface area contributed by atoms with Crippen molar-refractivity contribution < 1.29 is 14.6 Å². The van der Waals surface area contributed by atoms with Crippen LogP contribution in [0.3, 0.4) is 0 Å². The van der Waals surface area contributed by atoms with Crippen molar-refractivity contribution in [3.63, 3.8) is 0 Å². The van der Waals surface area contributed by atoms with Crippen molar-refractivity contribution in [3.05, 3.63) is 89.5 Å². The number of fused-ring (bicyclic) bond motifs is 1. The first-order chi connectivity index (χ1) is 17.8. The van der Waals surface area contributed by atoms with Gasteiger partial charge in [0.1, 0.15) is 17.2 Å². The van der Waals surface area contributed by atoms with Crippen molar-refractivity contribution in [3.8, 4) is 17.2 Å². The average Bonchev–Trinajstić information content (AvgIpc) is 3.44. The molecule has 1 fully saturated rings. The van der Waals surface area contributed by atoms with Crippen molar-refractivity contribution in [1.29, 1.82) is 0 Å². The van der Waals surface area contributed by atoms with Crippen LogP contribution in [0.15, 0.2) is 72.8 Å². The lowest BCUT2D eigenvalue weighted by molar-refractivity contribution is 0.248. The van der Waals surface area contributed by atoms with Gasteiger partial charge in [0.25, 0.3) is 0 Å². The summed E-state index contributed by atoms with van der Waals surface area (Å²) in [4.78, 5) is 2.61. The lowest BCUT2D eigenvalue weighted by atomic mass is 9.76. The van der Waals surface area contributed by atoms with E-state index < -0.39 is 0 Å². The maximum Gasteiger partial charge on any atom is 0.123 e. The highest BCUT2D eigenvalue weighted by atomic mass is 16.5. The second-order valence-electron chi connectivity index (χ2n) is 10.3. The molecular weight excluding hydrogens is 446 g/mol. The van der Waals surface area contributed by atoms with E-state index in [1.54, 1.807) is 6.07 Å². The van der Waals surface area contributed by atoms with Crippen molar-refractivity contribution in [2.75, 3.05) is 32.8 Å². The first-order valence-electron chi connectivity index (χ1n) is 13.7. The summed E-state index contributed by atoms with van der Waals surface area (Å²) in [5.74, 6) is 2.33. The number of phenolic OH excluding ortho intramolecular Hbond substituents is 1. The van der Waals surface area contributed by atoms with Gasteiger partial charge in [-0.1, -0.05) is 61.7 Å². The Labute approximate surface area is 215 Å². The summed E-state index contributed by atoms with van der Waals surface area (Å²) in [6.07, 6.45) is 9.07. The molecule has 0 aromatic heterocycles. The van der Waals surface area contributed by atoms with Gasteiger partial charge in [-0.3, -0.25) is 0 Å². The highest BCUT2D eigenvalue weighted by Gasteiger charge is 2.33. The minimum absolute atomic E-state index is 0.109. The Morgan fingerprint density at radius 1 is 0.806 bits per heavy atom. The molecule has 5 rings (SSSR count). The molecule has 2 atom stereocenters. The van der Waals surface area contributed by atoms with Crippen LogP contribution >= 0.6 is 0 Å². The standard InChI is InChI=1S/C32H39NO3/c34-27-15-18-31-29(23-27)32(30(24-36-31)25-11-5-4-6-12-25)26-13-16-28(17-14-26)35-22-10-3-1-2-7-19-33-20-8-9-21-33/h4-6,11-18,23,30,32,34H,1-3,7-10,19-22,24H2/t30-,32-/m1/s1. The van der Waals surface area contributed by atoms with Gasteiger partial charge in [-0.2, -0.15) is 0 Å². The molecule has 190 valence electrons. The number of aromatic hydroxyl groups is 1. The number of unbranched alkanes of at least 4 members (excludes halogenated alkanes) is 4. The largest absolute Gasteiger partial charge is 0.508 e. The number of nitrogens with zero attached hydrogens (tertiary/aromatic N) is 1. The number of ether oxygens (including phenoxy) is 2. The number of rotatable bonds is 11. The zero-order valence-electron chi connectivity index (χ0n) is 21.3. The molecule has 0 bridgehead atoms. The highest BCUT2D eigenvalue weighted by Crippen LogP contribution is 2.47. The van der Waals surface area contributed by atoms with E-state index in [0.29, 0.717) is 6.61 Å². The second kappa shape index (κ2) is 12.3. The maximum atomic E-state index is 10.2. The third-order valence-corrected chi connectivity index (χ3v) is 7.70. The summed E-state index contributed by atoms with van der Waals surface area (Å²) in [5, 5.41) is 10.2. The molecule has 0 saturated carbocycles. The van der Waals surface area contributed by atoms with E-state index in [-0.39, 0.29) is 17.6 Å². The Morgan fingerprint density at radius 3 is 2.36 bits per heavy atom. The zero-order chi connectivity index (χ0) is 24.6. The number of hydrogen-bond donors (Lipinski definition) is 1. The van der Waals surface area contributed by atoms with Crippen molar-refractivity contribution in [1.82, 2.24) is 4.90 Å². The predicted octanol–water partition coefficient (Wildman–Crippen LogP) is 7.13. The van der Waals surface area contributed by atoms with Crippen molar-refractivity contribution >= 4 is 0 Å². The van der Waals surface area contributed by atoms with Gasteiger partial charge in [0.2, 0.25) is 0 Å². The normalized spacial score (nSPS) is 19.6. The molecule has 4 nitrogen and oxygen atoms in total. The van der Waals surface area contributed by atoms with Crippen LogP contribution in [0.4, 0.5) is 0 Å². The second-order valence-corrected chi connectivity index (χ2v) is 10.3. The van der Waals surface area contributed by atoms with Crippen LogP contribution in [-0.2, 0) is 0 Å². The number of phenols is 1. The van der Waals surface area contributed by atoms with E-state index in [2.05, 4.69) is 53.4 Å². The molecule has 0 spiro atoms. The molecule has 36 heavy (non-hydrogen) atoms. The molecule has 3 aromatic rings. The SMILES string of the molecule is Oc1ccc2c(c1)[C@@H](c1ccc(OCCCCCCCN3CCCC3)cc1)[C@@H](c1ccccc1)CO2. The van der Waals surface area contributed by atoms with Gasteiger partial charge in [0.15, 0.2) is 0 Å². The predicted molar refractivity (Wildman–Crippen MR) is 145 cm³/mol. The molecule has 0 amide bonds. The molecule has 2 aliphatic heterocycles. The van der Waals surface area contributed by atoms with Crippen LogP contribution in [0.25, 0.3) is 0 Å². The van der Waals surface area contributed by atoms with Gasteiger partial charge in [-0.25, -0.2) is 0 Å². The lowest BCUT2D eigenvalue weighted by Crippen LogP contribution is -2.25. The summed E-state index contributed by atoms with van der Waals surface area (Å²) in [7, 11) is 0. The van der Waals surface area contributed by atoms with Gasteiger partial charge >= 0.3 is 0 Å². The van der Waals surface area contributed by atoms with E-state index in [0.717, 1.165) is 30.1 Å². The molecule has 2 heterocycles. The Balaban J connectivity index is 1.16. The lowest BCUT2D eigenvalue weighted by Gasteiger charge is -2.34. The fraction of sp³-hybridized carbons (Fsp3) is 0.438. The molecule has 1 saturated heterocycles. The van der Waals surface area contributed by atoms with E-state index >= 15 is 0 Å². The van der Waals surface area contributed by atoms with Crippen molar-refractivity contribution in [2.24, 2.45) is 0 Å². The van der Waals surface area contributed by atoms with E-state index in [4.69, 9.17) is 9.47 Å². The average molecular weight is 486 g/mol. The molecule has 0 aliphatic carbocycles. The Kier molecular flexibility index (Phi) is 8.45. The van der Waals surface area contributed by atoms with Crippen molar-refractivity contribution in [2.45, 2.75) is 56.8 Å². The van der Waals surface area contributed by atoms with Crippen LogP contribution < -0.4 is 9.47 Å². The first kappa shape index (κ1) is 24.7. The summed E-state index contributed by atoms with van der Waals surface area (Å²) in [5.41, 5.74) is 3.50. The van der Waals surface area contributed by atoms with Crippen LogP contribution in [0.5, 0.6) is 17.2 Å². The Hall–Kier alpha value is -2.98. The fourth-order valence-electron chi connectivity index (χ4n) is 5.74. The van der Waals surface area contributed by atoms with Crippen LogP contribution in [-0.4, -0.2) is 42.9 Å². The Bertz CT molecular complexity index is 1080. The minimum atomic E-state index is 0.109. The van der Waals surface area contributed by atoms with E-state index in [1.807, 2.05) is 18.2 Å². The number of benzene rings is 3.